The number of alkyl halides is 1. The molecule has 2 rings (SSSR count). The zero-order valence-electron chi connectivity index (χ0n) is 10.3. The molecule has 1 fully saturated rings. The van der Waals surface area contributed by atoms with Gasteiger partial charge in [-0.1, -0.05) is 55.9 Å². The predicted octanol–water partition coefficient (Wildman–Crippen LogP) is 5.24. The zero-order chi connectivity index (χ0) is 13.0. The lowest BCUT2D eigenvalue weighted by molar-refractivity contribution is 0.137. The van der Waals surface area contributed by atoms with Crippen LogP contribution in [0.15, 0.2) is 22.7 Å². The maximum absolute atomic E-state index is 6.31. The zero-order valence-corrected chi connectivity index (χ0v) is 14.3. The largest absolute Gasteiger partial charge is 0.296 e. The Bertz CT molecular complexity index is 395. The summed E-state index contributed by atoms with van der Waals surface area (Å²) in [5, 5.41) is 1.95. The molecular formula is C14H18Br2ClN. The van der Waals surface area contributed by atoms with Crippen LogP contribution in [-0.2, 0) is 6.54 Å². The van der Waals surface area contributed by atoms with E-state index in [0.29, 0.717) is 6.04 Å². The van der Waals surface area contributed by atoms with E-state index in [0.717, 1.165) is 21.4 Å². The molecule has 1 atom stereocenters. The Morgan fingerprint density at radius 1 is 1.33 bits per heavy atom. The van der Waals surface area contributed by atoms with Crippen molar-refractivity contribution in [1.29, 1.82) is 0 Å². The highest BCUT2D eigenvalue weighted by atomic mass is 79.9. The fourth-order valence-electron chi connectivity index (χ4n) is 2.59. The summed E-state index contributed by atoms with van der Waals surface area (Å²) in [5.41, 5.74) is 1.24. The smallest absolute Gasteiger partial charge is 0.0462 e. The molecule has 1 aromatic carbocycles. The molecule has 0 bridgehead atoms. The van der Waals surface area contributed by atoms with Crippen molar-refractivity contribution in [2.45, 2.75) is 38.3 Å². The van der Waals surface area contributed by atoms with Crippen LogP contribution in [0.5, 0.6) is 0 Å². The lowest BCUT2D eigenvalue weighted by Gasteiger charge is -2.35. The minimum Gasteiger partial charge on any atom is -0.296 e. The monoisotopic (exact) mass is 393 g/mol. The van der Waals surface area contributed by atoms with Crippen molar-refractivity contribution < 1.29 is 0 Å². The Kier molecular flexibility index (Phi) is 5.99. The molecule has 100 valence electrons. The van der Waals surface area contributed by atoms with Crippen molar-refractivity contribution in [3.8, 4) is 0 Å². The molecule has 0 radical (unpaired) electrons. The van der Waals surface area contributed by atoms with Gasteiger partial charge in [-0.25, -0.2) is 0 Å². The molecule has 1 aromatic rings. The fraction of sp³-hybridized carbons (Fsp3) is 0.571. The van der Waals surface area contributed by atoms with Crippen LogP contribution >= 0.6 is 43.5 Å². The molecule has 1 aliphatic rings. The topological polar surface area (TPSA) is 3.24 Å². The molecule has 1 saturated heterocycles. The third kappa shape index (κ3) is 3.96. The molecule has 0 saturated carbocycles. The normalized spacial score (nSPS) is 21.2. The van der Waals surface area contributed by atoms with E-state index in [1.807, 2.05) is 6.07 Å². The van der Waals surface area contributed by atoms with Gasteiger partial charge in [0.1, 0.15) is 0 Å². The Morgan fingerprint density at radius 3 is 2.89 bits per heavy atom. The molecule has 1 aliphatic heterocycles. The van der Waals surface area contributed by atoms with Gasteiger partial charge < -0.3 is 0 Å². The van der Waals surface area contributed by atoms with Crippen LogP contribution in [0.2, 0.25) is 5.02 Å². The number of hydrogen-bond donors (Lipinski definition) is 0. The van der Waals surface area contributed by atoms with Gasteiger partial charge in [-0.3, -0.25) is 4.90 Å². The number of piperidine rings is 1. The molecule has 4 heteroatoms. The summed E-state index contributed by atoms with van der Waals surface area (Å²) in [6.07, 6.45) is 5.23. The van der Waals surface area contributed by atoms with Crippen LogP contribution < -0.4 is 0 Å². The summed E-state index contributed by atoms with van der Waals surface area (Å²) in [6.45, 7) is 2.17. The lowest BCUT2D eigenvalue weighted by Crippen LogP contribution is -2.39. The van der Waals surface area contributed by atoms with Gasteiger partial charge in [0.05, 0.1) is 0 Å². The lowest BCUT2D eigenvalue weighted by atomic mass is 9.99. The average Bonchev–Trinajstić information content (AvgIpc) is 2.35. The summed E-state index contributed by atoms with van der Waals surface area (Å²) < 4.78 is 1.05. The van der Waals surface area contributed by atoms with Crippen molar-refractivity contribution in [3.05, 3.63) is 33.3 Å². The molecule has 0 aromatic heterocycles. The van der Waals surface area contributed by atoms with Crippen LogP contribution in [0.1, 0.15) is 31.2 Å². The summed E-state index contributed by atoms with van der Waals surface area (Å²) in [4.78, 5) is 2.58. The van der Waals surface area contributed by atoms with Crippen molar-refractivity contribution >= 4 is 43.5 Å². The van der Waals surface area contributed by atoms with Gasteiger partial charge in [0.15, 0.2) is 0 Å². The van der Waals surface area contributed by atoms with Gasteiger partial charge in [0, 0.05) is 27.4 Å². The van der Waals surface area contributed by atoms with E-state index in [9.17, 15) is 0 Å². The second-order valence-corrected chi connectivity index (χ2v) is 6.95. The molecule has 18 heavy (non-hydrogen) atoms. The number of rotatable bonds is 4. The van der Waals surface area contributed by atoms with E-state index >= 15 is 0 Å². The highest BCUT2D eigenvalue weighted by molar-refractivity contribution is 9.10. The number of hydrogen-bond acceptors (Lipinski definition) is 1. The first-order valence-corrected chi connectivity index (χ1v) is 8.74. The Labute approximate surface area is 131 Å². The third-order valence-corrected chi connectivity index (χ3v) is 4.88. The molecule has 0 amide bonds. The predicted molar refractivity (Wildman–Crippen MR) is 85.6 cm³/mol. The van der Waals surface area contributed by atoms with Crippen molar-refractivity contribution in [2.24, 2.45) is 0 Å². The SMILES string of the molecule is Clc1cc(Br)ccc1CN1CCCCC1CCBr. The summed E-state index contributed by atoms with van der Waals surface area (Å²) in [5.74, 6) is 0. The van der Waals surface area contributed by atoms with Crippen molar-refractivity contribution in [3.63, 3.8) is 0 Å². The van der Waals surface area contributed by atoms with Crippen LogP contribution in [0.25, 0.3) is 0 Å². The number of likely N-dealkylation sites (tertiary alicyclic amines) is 1. The third-order valence-electron chi connectivity index (χ3n) is 3.58. The summed E-state index contributed by atoms with van der Waals surface area (Å²) in [6, 6.07) is 6.90. The molecule has 1 heterocycles. The number of nitrogens with zero attached hydrogens (tertiary/aromatic N) is 1. The van der Waals surface area contributed by atoms with Crippen LogP contribution in [0.4, 0.5) is 0 Å². The summed E-state index contributed by atoms with van der Waals surface area (Å²) >= 11 is 13.3. The van der Waals surface area contributed by atoms with E-state index < -0.39 is 0 Å². The first kappa shape index (κ1) is 14.8. The highest BCUT2D eigenvalue weighted by Gasteiger charge is 2.22. The van der Waals surface area contributed by atoms with Gasteiger partial charge >= 0.3 is 0 Å². The summed E-state index contributed by atoms with van der Waals surface area (Å²) in [7, 11) is 0. The highest BCUT2D eigenvalue weighted by Crippen LogP contribution is 2.27. The molecule has 0 spiro atoms. The quantitative estimate of drug-likeness (QED) is 0.630. The van der Waals surface area contributed by atoms with Gasteiger partial charge in [-0.05, 0) is 43.5 Å². The number of halogens is 3. The van der Waals surface area contributed by atoms with Crippen LogP contribution in [-0.4, -0.2) is 22.8 Å². The number of benzene rings is 1. The van der Waals surface area contributed by atoms with Crippen LogP contribution in [0.3, 0.4) is 0 Å². The Balaban J connectivity index is 2.06. The van der Waals surface area contributed by atoms with E-state index in [2.05, 4.69) is 48.9 Å². The van der Waals surface area contributed by atoms with E-state index in [-0.39, 0.29) is 0 Å². The van der Waals surface area contributed by atoms with Crippen molar-refractivity contribution in [2.75, 3.05) is 11.9 Å². The maximum atomic E-state index is 6.31. The Morgan fingerprint density at radius 2 is 2.17 bits per heavy atom. The fourth-order valence-corrected chi connectivity index (χ4v) is 3.85. The molecule has 1 unspecified atom stereocenters. The van der Waals surface area contributed by atoms with E-state index in [4.69, 9.17) is 11.6 Å². The second kappa shape index (κ2) is 7.28. The van der Waals surface area contributed by atoms with Crippen molar-refractivity contribution in [1.82, 2.24) is 4.90 Å². The van der Waals surface area contributed by atoms with Gasteiger partial charge in [0.2, 0.25) is 0 Å². The first-order chi connectivity index (χ1) is 8.70. The molecule has 0 aliphatic carbocycles. The van der Waals surface area contributed by atoms with Crippen LogP contribution in [0, 0.1) is 0 Å². The average molecular weight is 396 g/mol. The molecule has 0 N–H and O–H groups in total. The van der Waals surface area contributed by atoms with Gasteiger partial charge in [-0.2, -0.15) is 0 Å². The molecule has 1 nitrogen and oxygen atoms in total. The molecular weight excluding hydrogens is 377 g/mol. The van der Waals surface area contributed by atoms with E-state index in [1.54, 1.807) is 0 Å². The maximum Gasteiger partial charge on any atom is 0.0462 e. The van der Waals surface area contributed by atoms with Gasteiger partial charge in [0.25, 0.3) is 0 Å². The second-order valence-electron chi connectivity index (χ2n) is 4.83. The minimum atomic E-state index is 0.706. The minimum absolute atomic E-state index is 0.706. The standard InChI is InChI=1S/C14H18Br2ClN/c15-7-6-13-3-1-2-8-18(13)10-11-4-5-12(16)9-14(11)17/h4-5,9,13H,1-3,6-8,10H2. The Hall–Kier alpha value is 0.430. The first-order valence-electron chi connectivity index (χ1n) is 6.44. The van der Waals surface area contributed by atoms with Gasteiger partial charge in [-0.15, -0.1) is 0 Å². The van der Waals surface area contributed by atoms with E-state index in [1.165, 1.54) is 37.8 Å².